The Bertz CT molecular complexity index is 220. The molecule has 0 saturated heterocycles. The molecule has 1 heterocycles. The maximum atomic E-state index is 4.05. The van der Waals surface area contributed by atoms with Crippen molar-refractivity contribution < 1.29 is 0 Å². The Morgan fingerprint density at radius 3 is 2.67 bits per heavy atom. The maximum Gasteiger partial charge on any atom is 0.0726 e. The lowest BCUT2D eigenvalue weighted by molar-refractivity contribution is 0.689. The molecule has 0 bridgehead atoms. The summed E-state index contributed by atoms with van der Waals surface area (Å²) < 4.78 is 1.79. The minimum absolute atomic E-state index is 0. The van der Waals surface area contributed by atoms with Gasteiger partial charge < -0.3 is 5.32 Å². The summed E-state index contributed by atoms with van der Waals surface area (Å²) in [5.74, 6) is 0.676. The first-order valence-electron chi connectivity index (χ1n) is 3.91. The van der Waals surface area contributed by atoms with Crippen LogP contribution in [0, 0.1) is 5.92 Å². The number of aryl methyl sites for hydroxylation is 1. The maximum absolute atomic E-state index is 4.05. The summed E-state index contributed by atoms with van der Waals surface area (Å²) >= 11 is 0. The average Bonchev–Trinajstić information content (AvgIpc) is 2.31. The fraction of sp³-hybridized carbons (Fsp3) is 0.625. The van der Waals surface area contributed by atoms with Gasteiger partial charge in [-0.2, -0.15) is 5.10 Å². The van der Waals surface area contributed by atoms with Crippen LogP contribution in [0.1, 0.15) is 13.8 Å². The summed E-state index contributed by atoms with van der Waals surface area (Å²) in [4.78, 5) is 0. The zero-order chi connectivity index (χ0) is 8.27. The molecule has 0 aliphatic heterocycles. The molecular formula is C8H16ClN3. The first-order valence-corrected chi connectivity index (χ1v) is 3.91. The van der Waals surface area contributed by atoms with E-state index in [4.69, 9.17) is 0 Å². The minimum atomic E-state index is 0. The number of anilines is 1. The topological polar surface area (TPSA) is 29.9 Å². The van der Waals surface area contributed by atoms with Gasteiger partial charge in [-0.3, -0.25) is 4.68 Å². The molecule has 0 aliphatic carbocycles. The Balaban J connectivity index is 0.00000121. The first-order chi connectivity index (χ1) is 5.18. The standard InChI is InChI=1S/C8H15N3.ClH/c1-7(2)4-9-8-5-10-11(3)6-8;/h5-7,9H,4H2,1-3H3;1H. The van der Waals surface area contributed by atoms with Crippen molar-refractivity contribution in [2.45, 2.75) is 13.8 Å². The van der Waals surface area contributed by atoms with Gasteiger partial charge in [-0.15, -0.1) is 12.4 Å². The van der Waals surface area contributed by atoms with Gasteiger partial charge in [-0.05, 0) is 5.92 Å². The SMILES string of the molecule is CC(C)CNc1cnn(C)c1.Cl. The molecule has 0 unspecified atom stereocenters. The molecule has 12 heavy (non-hydrogen) atoms. The van der Waals surface area contributed by atoms with Crippen LogP contribution in [0.4, 0.5) is 5.69 Å². The van der Waals surface area contributed by atoms with E-state index in [9.17, 15) is 0 Å². The number of halogens is 1. The number of hydrogen-bond donors (Lipinski definition) is 1. The van der Waals surface area contributed by atoms with Gasteiger partial charge in [0.1, 0.15) is 0 Å². The largest absolute Gasteiger partial charge is 0.382 e. The van der Waals surface area contributed by atoms with Crippen LogP contribution >= 0.6 is 12.4 Å². The van der Waals surface area contributed by atoms with Gasteiger partial charge in [0.15, 0.2) is 0 Å². The summed E-state index contributed by atoms with van der Waals surface area (Å²) in [5, 5.41) is 7.33. The molecule has 3 nitrogen and oxygen atoms in total. The third-order valence-electron chi connectivity index (χ3n) is 1.42. The second-order valence-electron chi connectivity index (χ2n) is 3.18. The Morgan fingerprint density at radius 1 is 1.58 bits per heavy atom. The number of rotatable bonds is 3. The summed E-state index contributed by atoms with van der Waals surface area (Å²) in [6.07, 6.45) is 3.81. The molecule has 0 aliphatic rings. The number of hydrogen-bond acceptors (Lipinski definition) is 2. The molecule has 0 fully saturated rings. The van der Waals surface area contributed by atoms with Crippen molar-refractivity contribution in [2.24, 2.45) is 13.0 Å². The summed E-state index contributed by atoms with van der Waals surface area (Å²) in [6, 6.07) is 0. The molecule has 0 saturated carbocycles. The Morgan fingerprint density at radius 2 is 2.25 bits per heavy atom. The van der Waals surface area contributed by atoms with Crippen LogP contribution in [0.25, 0.3) is 0 Å². The highest BCUT2D eigenvalue weighted by Gasteiger charge is 1.95. The van der Waals surface area contributed by atoms with E-state index in [0.717, 1.165) is 12.2 Å². The van der Waals surface area contributed by atoms with Crippen LogP contribution in [-0.4, -0.2) is 16.3 Å². The van der Waals surface area contributed by atoms with Gasteiger partial charge in [0.25, 0.3) is 0 Å². The van der Waals surface area contributed by atoms with Crippen LogP contribution in [0.15, 0.2) is 12.4 Å². The second-order valence-corrected chi connectivity index (χ2v) is 3.18. The average molecular weight is 190 g/mol. The quantitative estimate of drug-likeness (QED) is 0.788. The Kier molecular flexibility index (Phi) is 4.74. The van der Waals surface area contributed by atoms with Gasteiger partial charge in [0.2, 0.25) is 0 Å². The van der Waals surface area contributed by atoms with E-state index in [1.807, 2.05) is 19.4 Å². The molecule has 1 N–H and O–H groups in total. The molecule has 0 aromatic carbocycles. The molecule has 1 aromatic rings. The lowest BCUT2D eigenvalue weighted by Crippen LogP contribution is -2.06. The van der Waals surface area contributed by atoms with Crippen molar-refractivity contribution in [1.29, 1.82) is 0 Å². The lowest BCUT2D eigenvalue weighted by atomic mass is 10.2. The van der Waals surface area contributed by atoms with Gasteiger partial charge in [-0.1, -0.05) is 13.8 Å². The van der Waals surface area contributed by atoms with Crippen LogP contribution in [0.3, 0.4) is 0 Å². The highest BCUT2D eigenvalue weighted by atomic mass is 35.5. The van der Waals surface area contributed by atoms with E-state index in [1.165, 1.54) is 0 Å². The van der Waals surface area contributed by atoms with Crippen LogP contribution in [0.5, 0.6) is 0 Å². The van der Waals surface area contributed by atoms with E-state index in [-0.39, 0.29) is 12.4 Å². The van der Waals surface area contributed by atoms with Crippen molar-refractivity contribution in [1.82, 2.24) is 9.78 Å². The van der Waals surface area contributed by atoms with Gasteiger partial charge in [0, 0.05) is 19.8 Å². The van der Waals surface area contributed by atoms with E-state index >= 15 is 0 Å². The fourth-order valence-corrected chi connectivity index (χ4v) is 0.834. The Labute approximate surface area is 79.6 Å². The van der Waals surface area contributed by atoms with E-state index in [2.05, 4.69) is 24.3 Å². The first kappa shape index (κ1) is 11.3. The molecule has 0 atom stereocenters. The highest BCUT2D eigenvalue weighted by Crippen LogP contribution is 2.04. The van der Waals surface area contributed by atoms with Crippen molar-refractivity contribution in [3.63, 3.8) is 0 Å². The molecule has 4 heteroatoms. The van der Waals surface area contributed by atoms with Crippen LogP contribution in [-0.2, 0) is 7.05 Å². The number of aromatic nitrogens is 2. The normalized spacial score (nSPS) is 9.67. The zero-order valence-corrected chi connectivity index (χ0v) is 8.56. The smallest absolute Gasteiger partial charge is 0.0726 e. The van der Waals surface area contributed by atoms with Crippen molar-refractivity contribution in [3.8, 4) is 0 Å². The molecule has 1 rings (SSSR count). The van der Waals surface area contributed by atoms with Crippen molar-refractivity contribution >= 4 is 18.1 Å². The summed E-state index contributed by atoms with van der Waals surface area (Å²) in [7, 11) is 1.92. The lowest BCUT2D eigenvalue weighted by Gasteiger charge is -2.04. The number of nitrogens with zero attached hydrogens (tertiary/aromatic N) is 2. The van der Waals surface area contributed by atoms with Gasteiger partial charge in [-0.25, -0.2) is 0 Å². The molecule has 0 spiro atoms. The fourth-order valence-electron chi connectivity index (χ4n) is 0.834. The summed E-state index contributed by atoms with van der Waals surface area (Å²) in [5.41, 5.74) is 1.10. The zero-order valence-electron chi connectivity index (χ0n) is 7.74. The Hall–Kier alpha value is -0.700. The predicted octanol–water partition coefficient (Wildman–Crippen LogP) is 1.91. The van der Waals surface area contributed by atoms with E-state index in [0.29, 0.717) is 5.92 Å². The van der Waals surface area contributed by atoms with Crippen LogP contribution in [0.2, 0.25) is 0 Å². The molecule has 0 radical (unpaired) electrons. The van der Waals surface area contributed by atoms with Gasteiger partial charge in [0.05, 0.1) is 11.9 Å². The molecule has 1 aromatic heterocycles. The minimum Gasteiger partial charge on any atom is -0.382 e. The van der Waals surface area contributed by atoms with E-state index < -0.39 is 0 Å². The van der Waals surface area contributed by atoms with Crippen LogP contribution < -0.4 is 5.32 Å². The molecule has 0 amide bonds. The van der Waals surface area contributed by atoms with E-state index in [1.54, 1.807) is 4.68 Å². The summed E-state index contributed by atoms with van der Waals surface area (Å²) in [6.45, 7) is 5.37. The number of nitrogens with one attached hydrogen (secondary N) is 1. The second kappa shape index (κ2) is 5.04. The molecule has 70 valence electrons. The van der Waals surface area contributed by atoms with Crippen molar-refractivity contribution in [2.75, 3.05) is 11.9 Å². The third kappa shape index (κ3) is 3.62. The predicted molar refractivity (Wildman–Crippen MR) is 53.8 cm³/mol. The third-order valence-corrected chi connectivity index (χ3v) is 1.42. The highest BCUT2D eigenvalue weighted by molar-refractivity contribution is 5.85. The monoisotopic (exact) mass is 189 g/mol. The van der Waals surface area contributed by atoms with Crippen molar-refractivity contribution in [3.05, 3.63) is 12.4 Å². The molecular weight excluding hydrogens is 174 g/mol. The van der Waals surface area contributed by atoms with Gasteiger partial charge >= 0.3 is 0 Å².